The van der Waals surface area contributed by atoms with Gasteiger partial charge in [0.1, 0.15) is 5.69 Å². The molecule has 2 aromatic heterocycles. The van der Waals surface area contributed by atoms with Gasteiger partial charge in [0.25, 0.3) is 0 Å². The molecule has 2 heterocycles. The van der Waals surface area contributed by atoms with E-state index in [2.05, 4.69) is 15.0 Å². The van der Waals surface area contributed by atoms with E-state index >= 15 is 0 Å². The second-order valence-electron chi connectivity index (χ2n) is 4.40. The normalized spacial score (nSPS) is 10.8. The van der Waals surface area contributed by atoms with Crippen LogP contribution in [0.2, 0.25) is 10.0 Å². The number of hydrogen-bond donors (Lipinski definition) is 1. The van der Waals surface area contributed by atoms with Gasteiger partial charge in [-0.3, -0.25) is 4.98 Å². The van der Waals surface area contributed by atoms with Crippen molar-refractivity contribution in [2.24, 2.45) is 0 Å². The summed E-state index contributed by atoms with van der Waals surface area (Å²) in [5, 5.41) is 1.06. The molecule has 0 unspecified atom stereocenters. The highest BCUT2D eigenvalue weighted by molar-refractivity contribution is 6.42. The fourth-order valence-corrected chi connectivity index (χ4v) is 2.31. The zero-order chi connectivity index (χ0) is 14.1. The number of nitrogens with zero attached hydrogens (tertiary/aromatic N) is 2. The van der Waals surface area contributed by atoms with Crippen LogP contribution in [0, 0.1) is 6.92 Å². The summed E-state index contributed by atoms with van der Waals surface area (Å²) in [5.41, 5.74) is 3.55. The van der Waals surface area contributed by atoms with E-state index in [-0.39, 0.29) is 0 Å². The molecule has 0 aliphatic heterocycles. The smallest absolute Gasteiger partial charge is 0.156 e. The maximum atomic E-state index is 6.06. The van der Waals surface area contributed by atoms with E-state index in [9.17, 15) is 0 Å². The Balaban J connectivity index is 2.07. The van der Waals surface area contributed by atoms with Crippen molar-refractivity contribution < 1.29 is 0 Å². The Morgan fingerprint density at radius 2 is 1.90 bits per heavy atom. The standard InChI is InChI=1S/C15H11Cl2N3/c1-9-14(10-5-6-11(16)12(17)8-10)20-15(19-9)13-4-2-3-7-18-13/h2-8H,1H3,(H,19,20). The third kappa shape index (κ3) is 2.42. The second kappa shape index (κ2) is 5.27. The van der Waals surface area contributed by atoms with E-state index in [1.165, 1.54) is 0 Å². The Morgan fingerprint density at radius 1 is 1.05 bits per heavy atom. The highest BCUT2D eigenvalue weighted by Gasteiger charge is 2.12. The van der Waals surface area contributed by atoms with Crippen molar-refractivity contribution >= 4 is 23.2 Å². The highest BCUT2D eigenvalue weighted by Crippen LogP contribution is 2.30. The van der Waals surface area contributed by atoms with Gasteiger partial charge in [-0.1, -0.05) is 35.3 Å². The molecule has 0 aliphatic rings. The summed E-state index contributed by atoms with van der Waals surface area (Å²) in [6.07, 6.45) is 1.74. The summed E-state index contributed by atoms with van der Waals surface area (Å²) in [6.45, 7) is 1.97. The fourth-order valence-electron chi connectivity index (χ4n) is 2.01. The van der Waals surface area contributed by atoms with Crippen LogP contribution >= 0.6 is 23.2 Å². The van der Waals surface area contributed by atoms with Crippen molar-refractivity contribution in [2.45, 2.75) is 6.92 Å². The van der Waals surface area contributed by atoms with Crippen molar-refractivity contribution in [1.29, 1.82) is 0 Å². The van der Waals surface area contributed by atoms with Crippen LogP contribution in [0.5, 0.6) is 0 Å². The average molecular weight is 304 g/mol. The van der Waals surface area contributed by atoms with Crippen LogP contribution in [0.25, 0.3) is 22.8 Å². The average Bonchev–Trinajstić information content (AvgIpc) is 2.85. The number of rotatable bonds is 2. The van der Waals surface area contributed by atoms with E-state index < -0.39 is 0 Å². The summed E-state index contributed by atoms with van der Waals surface area (Å²) in [4.78, 5) is 12.1. The van der Waals surface area contributed by atoms with Crippen LogP contribution in [0.1, 0.15) is 5.69 Å². The number of pyridine rings is 1. The van der Waals surface area contributed by atoms with Gasteiger partial charge < -0.3 is 4.98 Å². The number of H-pyrrole nitrogens is 1. The number of benzene rings is 1. The van der Waals surface area contributed by atoms with Crippen LogP contribution in [-0.2, 0) is 0 Å². The van der Waals surface area contributed by atoms with Crippen LogP contribution in [0.3, 0.4) is 0 Å². The molecule has 100 valence electrons. The van der Waals surface area contributed by atoms with Gasteiger partial charge >= 0.3 is 0 Å². The van der Waals surface area contributed by atoms with E-state index in [0.717, 1.165) is 28.5 Å². The summed E-state index contributed by atoms with van der Waals surface area (Å²) < 4.78 is 0. The first-order chi connectivity index (χ1) is 9.65. The summed E-state index contributed by atoms with van der Waals surface area (Å²) in [6, 6.07) is 11.2. The fraction of sp³-hybridized carbons (Fsp3) is 0.0667. The minimum Gasteiger partial charge on any atom is -0.340 e. The van der Waals surface area contributed by atoms with E-state index in [1.54, 1.807) is 12.3 Å². The Labute approximate surface area is 126 Å². The van der Waals surface area contributed by atoms with Gasteiger partial charge in [-0.2, -0.15) is 0 Å². The van der Waals surface area contributed by atoms with Crippen molar-refractivity contribution in [2.75, 3.05) is 0 Å². The third-order valence-corrected chi connectivity index (χ3v) is 3.72. The molecule has 0 spiro atoms. The first-order valence-corrected chi connectivity index (χ1v) is 6.84. The summed E-state index contributed by atoms with van der Waals surface area (Å²) >= 11 is 12.0. The second-order valence-corrected chi connectivity index (χ2v) is 5.22. The molecular weight excluding hydrogens is 293 g/mol. The van der Waals surface area contributed by atoms with Crippen LogP contribution in [0.15, 0.2) is 42.6 Å². The predicted octanol–water partition coefficient (Wildman–Crippen LogP) is 4.75. The number of aryl methyl sites for hydroxylation is 1. The number of aromatic amines is 1. The predicted molar refractivity (Wildman–Crippen MR) is 82.0 cm³/mol. The number of hydrogen-bond acceptors (Lipinski definition) is 2. The quantitative estimate of drug-likeness (QED) is 0.742. The SMILES string of the molecule is Cc1[nH]c(-c2ccccn2)nc1-c1ccc(Cl)c(Cl)c1. The van der Waals surface area contributed by atoms with Gasteiger partial charge in [0.05, 0.1) is 15.7 Å². The summed E-state index contributed by atoms with van der Waals surface area (Å²) in [7, 11) is 0. The van der Waals surface area contributed by atoms with Gasteiger partial charge in [-0.15, -0.1) is 0 Å². The molecule has 0 fully saturated rings. The molecule has 0 atom stereocenters. The van der Waals surface area contributed by atoms with Crippen LogP contribution < -0.4 is 0 Å². The Kier molecular flexibility index (Phi) is 3.47. The molecule has 0 bridgehead atoms. The summed E-state index contributed by atoms with van der Waals surface area (Å²) in [5.74, 6) is 0.740. The van der Waals surface area contributed by atoms with Gasteiger partial charge in [-0.25, -0.2) is 4.98 Å². The molecule has 1 aromatic carbocycles. The highest BCUT2D eigenvalue weighted by atomic mass is 35.5. The van der Waals surface area contributed by atoms with Crippen molar-refractivity contribution in [3.05, 3.63) is 58.3 Å². The van der Waals surface area contributed by atoms with Crippen molar-refractivity contribution in [3.63, 3.8) is 0 Å². The zero-order valence-corrected chi connectivity index (χ0v) is 12.2. The molecule has 0 saturated heterocycles. The lowest BCUT2D eigenvalue weighted by atomic mass is 10.1. The van der Waals surface area contributed by atoms with Crippen LogP contribution in [-0.4, -0.2) is 15.0 Å². The Morgan fingerprint density at radius 3 is 2.60 bits per heavy atom. The molecule has 3 rings (SSSR count). The van der Waals surface area contributed by atoms with E-state index in [4.69, 9.17) is 23.2 Å². The van der Waals surface area contributed by atoms with Crippen molar-refractivity contribution in [3.8, 4) is 22.8 Å². The van der Waals surface area contributed by atoms with E-state index in [1.807, 2.05) is 37.3 Å². The molecule has 5 heteroatoms. The molecule has 0 saturated carbocycles. The number of imidazole rings is 1. The maximum absolute atomic E-state index is 6.06. The number of halogens is 2. The molecule has 0 aliphatic carbocycles. The van der Waals surface area contributed by atoms with Crippen molar-refractivity contribution in [1.82, 2.24) is 15.0 Å². The molecule has 0 radical (unpaired) electrons. The lowest BCUT2D eigenvalue weighted by Gasteiger charge is -2.01. The number of nitrogens with one attached hydrogen (secondary N) is 1. The first-order valence-electron chi connectivity index (χ1n) is 6.08. The topological polar surface area (TPSA) is 41.6 Å². The van der Waals surface area contributed by atoms with E-state index in [0.29, 0.717) is 10.0 Å². The lowest BCUT2D eigenvalue weighted by molar-refractivity contribution is 1.20. The largest absolute Gasteiger partial charge is 0.340 e. The molecule has 3 nitrogen and oxygen atoms in total. The minimum absolute atomic E-state index is 0.519. The Hall–Kier alpha value is -1.84. The minimum atomic E-state index is 0.519. The number of aromatic nitrogens is 3. The monoisotopic (exact) mass is 303 g/mol. The van der Waals surface area contributed by atoms with Gasteiger partial charge in [0.15, 0.2) is 5.82 Å². The molecular formula is C15H11Cl2N3. The molecule has 20 heavy (non-hydrogen) atoms. The lowest BCUT2D eigenvalue weighted by Crippen LogP contribution is -1.84. The zero-order valence-electron chi connectivity index (χ0n) is 10.7. The molecule has 1 N–H and O–H groups in total. The van der Waals surface area contributed by atoms with Crippen LogP contribution in [0.4, 0.5) is 0 Å². The third-order valence-electron chi connectivity index (χ3n) is 2.99. The van der Waals surface area contributed by atoms with Gasteiger partial charge in [0, 0.05) is 17.5 Å². The maximum Gasteiger partial charge on any atom is 0.156 e. The first kappa shape index (κ1) is 13.2. The van der Waals surface area contributed by atoms with Gasteiger partial charge in [-0.05, 0) is 31.2 Å². The van der Waals surface area contributed by atoms with Gasteiger partial charge in [0.2, 0.25) is 0 Å². The molecule has 3 aromatic rings. The Bertz CT molecular complexity index is 751. The molecule has 0 amide bonds.